The molecule has 5 heteroatoms. The zero-order valence-corrected chi connectivity index (χ0v) is 10.9. The molecule has 0 bridgehead atoms. The highest BCUT2D eigenvalue weighted by molar-refractivity contribution is 6.30. The number of rotatable bonds is 4. The number of likely N-dealkylation sites (tertiary alicyclic amines) is 1. The number of carbonyl (C=O) groups is 1. The standard InChI is InChI=1S/C13H17ClN2O2/c14-11-3-1-10(2-4-11)5-7-15-12-6-8-16(9-12)13(17)18/h1-4,12,15H,5-9H2,(H,17,18). The molecule has 1 heterocycles. The Bertz CT molecular complexity index is 408. The first-order chi connectivity index (χ1) is 8.65. The number of nitrogens with one attached hydrogen (secondary N) is 1. The highest BCUT2D eigenvalue weighted by Gasteiger charge is 2.24. The molecule has 0 saturated carbocycles. The van der Waals surface area contributed by atoms with Crippen LogP contribution in [0.5, 0.6) is 0 Å². The molecule has 1 unspecified atom stereocenters. The molecule has 1 aliphatic heterocycles. The number of halogens is 1. The summed E-state index contributed by atoms with van der Waals surface area (Å²) >= 11 is 5.82. The van der Waals surface area contributed by atoms with Gasteiger partial charge in [-0.3, -0.25) is 0 Å². The van der Waals surface area contributed by atoms with E-state index in [1.807, 2.05) is 24.3 Å². The Morgan fingerprint density at radius 2 is 2.17 bits per heavy atom. The Morgan fingerprint density at radius 1 is 1.44 bits per heavy atom. The summed E-state index contributed by atoms with van der Waals surface area (Å²) in [4.78, 5) is 12.2. The quantitative estimate of drug-likeness (QED) is 0.880. The SMILES string of the molecule is O=C(O)N1CCC(NCCc2ccc(Cl)cc2)C1. The largest absolute Gasteiger partial charge is 0.465 e. The highest BCUT2D eigenvalue weighted by Crippen LogP contribution is 2.11. The van der Waals surface area contributed by atoms with Gasteiger partial charge in [0.1, 0.15) is 0 Å². The predicted octanol–water partition coefficient (Wildman–Crippen LogP) is 2.22. The second kappa shape index (κ2) is 6.07. The first kappa shape index (κ1) is 13.2. The first-order valence-corrected chi connectivity index (χ1v) is 6.48. The van der Waals surface area contributed by atoms with Crippen LogP contribution in [0, 0.1) is 0 Å². The molecule has 1 fully saturated rings. The summed E-state index contributed by atoms with van der Waals surface area (Å²) in [5.41, 5.74) is 1.24. The van der Waals surface area contributed by atoms with Crippen LogP contribution in [-0.4, -0.2) is 41.8 Å². The van der Waals surface area contributed by atoms with E-state index < -0.39 is 6.09 Å². The molecule has 0 radical (unpaired) electrons. The molecule has 1 aliphatic rings. The van der Waals surface area contributed by atoms with Crippen molar-refractivity contribution < 1.29 is 9.90 Å². The molecule has 0 aliphatic carbocycles. The summed E-state index contributed by atoms with van der Waals surface area (Å²) in [6.07, 6.45) is 1.00. The number of hydrogen-bond acceptors (Lipinski definition) is 2. The summed E-state index contributed by atoms with van der Waals surface area (Å²) in [6.45, 7) is 2.09. The van der Waals surface area contributed by atoms with Gasteiger partial charge < -0.3 is 15.3 Å². The molecule has 4 nitrogen and oxygen atoms in total. The van der Waals surface area contributed by atoms with E-state index in [2.05, 4.69) is 5.32 Å². The number of carboxylic acid groups (broad SMARTS) is 1. The lowest BCUT2D eigenvalue weighted by atomic mass is 10.1. The molecule has 0 aromatic heterocycles. The van der Waals surface area contributed by atoms with E-state index >= 15 is 0 Å². The third-order valence-electron chi connectivity index (χ3n) is 3.22. The lowest BCUT2D eigenvalue weighted by Gasteiger charge is -2.13. The van der Waals surface area contributed by atoms with Crippen molar-refractivity contribution >= 4 is 17.7 Å². The Hall–Kier alpha value is -1.26. The van der Waals surface area contributed by atoms with E-state index in [9.17, 15) is 4.79 Å². The summed E-state index contributed by atoms with van der Waals surface area (Å²) in [5.74, 6) is 0. The van der Waals surface area contributed by atoms with Gasteiger partial charge in [-0.15, -0.1) is 0 Å². The van der Waals surface area contributed by atoms with Gasteiger partial charge in [0.05, 0.1) is 0 Å². The minimum absolute atomic E-state index is 0.286. The van der Waals surface area contributed by atoms with Gasteiger partial charge in [-0.1, -0.05) is 23.7 Å². The van der Waals surface area contributed by atoms with Crippen molar-refractivity contribution in [2.24, 2.45) is 0 Å². The molecular weight excluding hydrogens is 252 g/mol. The minimum atomic E-state index is -0.822. The smallest absolute Gasteiger partial charge is 0.407 e. The molecule has 1 amide bonds. The van der Waals surface area contributed by atoms with Crippen LogP contribution >= 0.6 is 11.6 Å². The topological polar surface area (TPSA) is 52.6 Å². The van der Waals surface area contributed by atoms with E-state index in [1.165, 1.54) is 10.5 Å². The molecule has 1 aromatic carbocycles. The molecule has 98 valence electrons. The monoisotopic (exact) mass is 268 g/mol. The molecule has 1 aromatic rings. The lowest BCUT2D eigenvalue weighted by Crippen LogP contribution is -2.35. The Labute approximate surface area is 112 Å². The van der Waals surface area contributed by atoms with Crippen molar-refractivity contribution in [3.8, 4) is 0 Å². The van der Waals surface area contributed by atoms with Gasteiger partial charge in [-0.2, -0.15) is 0 Å². The first-order valence-electron chi connectivity index (χ1n) is 6.11. The summed E-state index contributed by atoms with van der Waals surface area (Å²) < 4.78 is 0. The van der Waals surface area contributed by atoms with Crippen LogP contribution in [0.1, 0.15) is 12.0 Å². The second-order valence-corrected chi connectivity index (χ2v) is 4.98. The fourth-order valence-electron chi connectivity index (χ4n) is 2.17. The molecular formula is C13H17ClN2O2. The van der Waals surface area contributed by atoms with Crippen LogP contribution in [0.3, 0.4) is 0 Å². The van der Waals surface area contributed by atoms with E-state index in [-0.39, 0.29) is 6.04 Å². The summed E-state index contributed by atoms with van der Waals surface area (Å²) in [7, 11) is 0. The lowest BCUT2D eigenvalue weighted by molar-refractivity contribution is 0.154. The van der Waals surface area contributed by atoms with Gasteiger partial charge in [0, 0.05) is 24.2 Å². The van der Waals surface area contributed by atoms with Gasteiger partial charge in [0.25, 0.3) is 0 Å². The zero-order chi connectivity index (χ0) is 13.0. The number of benzene rings is 1. The zero-order valence-electron chi connectivity index (χ0n) is 10.1. The molecule has 1 saturated heterocycles. The molecule has 18 heavy (non-hydrogen) atoms. The van der Waals surface area contributed by atoms with Crippen molar-refractivity contribution in [3.63, 3.8) is 0 Å². The van der Waals surface area contributed by atoms with Gasteiger partial charge in [0.2, 0.25) is 0 Å². The van der Waals surface area contributed by atoms with E-state index in [0.717, 1.165) is 24.4 Å². The van der Waals surface area contributed by atoms with Crippen LogP contribution in [0.25, 0.3) is 0 Å². The van der Waals surface area contributed by atoms with Crippen LogP contribution < -0.4 is 5.32 Å². The molecule has 0 spiro atoms. The summed E-state index contributed by atoms with van der Waals surface area (Å²) in [5, 5.41) is 13.0. The van der Waals surface area contributed by atoms with Crippen LogP contribution in [0.15, 0.2) is 24.3 Å². The minimum Gasteiger partial charge on any atom is -0.465 e. The van der Waals surface area contributed by atoms with Gasteiger partial charge in [0.15, 0.2) is 0 Å². The average Bonchev–Trinajstić information content (AvgIpc) is 2.81. The maximum absolute atomic E-state index is 10.8. The number of amides is 1. The Balaban J connectivity index is 1.70. The van der Waals surface area contributed by atoms with E-state index in [4.69, 9.17) is 16.7 Å². The molecule has 1 atom stereocenters. The van der Waals surface area contributed by atoms with Crippen LogP contribution in [0.2, 0.25) is 5.02 Å². The third kappa shape index (κ3) is 3.62. The fourth-order valence-corrected chi connectivity index (χ4v) is 2.30. The summed E-state index contributed by atoms with van der Waals surface area (Å²) in [6, 6.07) is 8.09. The predicted molar refractivity (Wildman–Crippen MR) is 71.2 cm³/mol. The van der Waals surface area contributed by atoms with Gasteiger partial charge in [-0.25, -0.2) is 4.79 Å². The van der Waals surface area contributed by atoms with Crippen molar-refractivity contribution in [3.05, 3.63) is 34.9 Å². The van der Waals surface area contributed by atoms with Crippen LogP contribution in [-0.2, 0) is 6.42 Å². The van der Waals surface area contributed by atoms with Crippen molar-refractivity contribution in [2.75, 3.05) is 19.6 Å². The second-order valence-electron chi connectivity index (χ2n) is 4.54. The average molecular weight is 269 g/mol. The van der Waals surface area contributed by atoms with Crippen LogP contribution in [0.4, 0.5) is 4.79 Å². The van der Waals surface area contributed by atoms with Gasteiger partial charge >= 0.3 is 6.09 Å². The van der Waals surface area contributed by atoms with Crippen molar-refractivity contribution in [2.45, 2.75) is 18.9 Å². The number of nitrogens with zero attached hydrogens (tertiary/aromatic N) is 1. The van der Waals surface area contributed by atoms with Crippen molar-refractivity contribution in [1.29, 1.82) is 0 Å². The molecule has 2 N–H and O–H groups in total. The Morgan fingerprint density at radius 3 is 2.78 bits per heavy atom. The third-order valence-corrected chi connectivity index (χ3v) is 3.47. The normalized spacial score (nSPS) is 19.2. The van der Waals surface area contributed by atoms with E-state index in [1.54, 1.807) is 0 Å². The maximum Gasteiger partial charge on any atom is 0.407 e. The Kier molecular flexibility index (Phi) is 4.44. The molecule has 2 rings (SSSR count). The van der Waals surface area contributed by atoms with Crippen molar-refractivity contribution in [1.82, 2.24) is 10.2 Å². The highest BCUT2D eigenvalue weighted by atomic mass is 35.5. The number of hydrogen-bond donors (Lipinski definition) is 2. The van der Waals surface area contributed by atoms with E-state index in [0.29, 0.717) is 13.1 Å². The maximum atomic E-state index is 10.8. The fraction of sp³-hybridized carbons (Fsp3) is 0.462. The van der Waals surface area contributed by atoms with Gasteiger partial charge in [-0.05, 0) is 37.1 Å².